The zero-order chi connectivity index (χ0) is 22.4. The minimum atomic E-state index is -0.234. The van der Waals surface area contributed by atoms with Gasteiger partial charge in [0.05, 0.1) is 6.04 Å². The molecule has 2 atom stereocenters. The molecule has 2 aromatic heterocycles. The zero-order valence-corrected chi connectivity index (χ0v) is 19.4. The molecule has 0 bridgehead atoms. The molecule has 2 saturated heterocycles. The number of hydrogen-bond acceptors (Lipinski definition) is 6. The Bertz CT molecular complexity index is 1190. The minimum Gasteiger partial charge on any atom is -0.322 e. The van der Waals surface area contributed by atoms with Gasteiger partial charge in [0.2, 0.25) is 0 Å². The molecule has 33 heavy (non-hydrogen) atoms. The number of fused-ring (bicyclic) bond motifs is 2. The van der Waals surface area contributed by atoms with Crippen LogP contribution in [-0.4, -0.2) is 67.2 Å². The van der Waals surface area contributed by atoms with Crippen LogP contribution in [0.4, 0.5) is 0 Å². The standard InChI is InChI=1S/C25H33N7O/c1-2-17-9-10-22-18(14-17)15-21(25(33)26-22)23(31-13-12-30-11-5-8-20(30)16-31)24-27-28-29-32(24)19-6-3-4-7-19/h9-10,14-15,19-20,23H,2-8,11-13,16H2,1H3,(H,26,33)/t20-,23-/m0/s1. The number of pyridine rings is 1. The molecule has 0 unspecified atom stereocenters. The van der Waals surface area contributed by atoms with E-state index >= 15 is 0 Å². The van der Waals surface area contributed by atoms with Crippen molar-refractivity contribution in [2.45, 2.75) is 70.0 Å². The molecule has 1 aliphatic carbocycles. The summed E-state index contributed by atoms with van der Waals surface area (Å²) in [6.45, 7) is 6.27. The van der Waals surface area contributed by atoms with Crippen LogP contribution in [0, 0.1) is 0 Å². The second-order valence-electron chi connectivity index (χ2n) is 9.98. The van der Waals surface area contributed by atoms with Crippen LogP contribution in [-0.2, 0) is 6.42 Å². The van der Waals surface area contributed by atoms with Gasteiger partial charge in [-0.15, -0.1) is 5.10 Å². The Morgan fingerprint density at radius 2 is 1.91 bits per heavy atom. The molecule has 0 spiro atoms. The van der Waals surface area contributed by atoms with Gasteiger partial charge in [0.15, 0.2) is 5.82 Å². The lowest BCUT2D eigenvalue weighted by Gasteiger charge is -2.41. The van der Waals surface area contributed by atoms with E-state index in [1.54, 1.807) is 0 Å². The summed E-state index contributed by atoms with van der Waals surface area (Å²) in [7, 11) is 0. The number of rotatable bonds is 5. The average molecular weight is 448 g/mol. The lowest BCUT2D eigenvalue weighted by atomic mass is 10.00. The maximum atomic E-state index is 13.5. The molecule has 1 N–H and O–H groups in total. The van der Waals surface area contributed by atoms with Crippen molar-refractivity contribution in [3.63, 3.8) is 0 Å². The molecular formula is C25H33N7O. The van der Waals surface area contributed by atoms with Crippen LogP contribution < -0.4 is 5.56 Å². The van der Waals surface area contributed by atoms with Crippen LogP contribution in [0.3, 0.4) is 0 Å². The molecule has 174 valence electrons. The summed E-state index contributed by atoms with van der Waals surface area (Å²) in [6, 6.07) is 9.05. The molecule has 0 radical (unpaired) electrons. The number of tetrazole rings is 1. The van der Waals surface area contributed by atoms with E-state index < -0.39 is 0 Å². The first-order valence-electron chi connectivity index (χ1n) is 12.6. The maximum absolute atomic E-state index is 13.5. The van der Waals surface area contributed by atoms with Gasteiger partial charge < -0.3 is 4.98 Å². The molecule has 1 aromatic carbocycles. The predicted molar refractivity (Wildman–Crippen MR) is 127 cm³/mol. The van der Waals surface area contributed by atoms with Crippen molar-refractivity contribution >= 4 is 10.9 Å². The highest BCUT2D eigenvalue weighted by Crippen LogP contribution is 2.35. The summed E-state index contributed by atoms with van der Waals surface area (Å²) in [5, 5.41) is 14.2. The van der Waals surface area contributed by atoms with E-state index in [2.05, 4.69) is 55.4 Å². The van der Waals surface area contributed by atoms with Gasteiger partial charge >= 0.3 is 0 Å². The first kappa shape index (κ1) is 21.0. The lowest BCUT2D eigenvalue weighted by Crippen LogP contribution is -2.52. The van der Waals surface area contributed by atoms with Gasteiger partial charge in [-0.3, -0.25) is 14.6 Å². The Balaban J connectivity index is 1.47. The third-order valence-corrected chi connectivity index (χ3v) is 8.06. The van der Waals surface area contributed by atoms with Crippen LogP contribution in [0.1, 0.15) is 74.5 Å². The third kappa shape index (κ3) is 3.79. The van der Waals surface area contributed by atoms with Gasteiger partial charge in [-0.2, -0.15) is 0 Å². The van der Waals surface area contributed by atoms with Crippen LogP contribution in [0.5, 0.6) is 0 Å². The topological polar surface area (TPSA) is 82.9 Å². The van der Waals surface area contributed by atoms with E-state index in [9.17, 15) is 4.79 Å². The number of aromatic nitrogens is 5. The second kappa shape index (κ2) is 8.65. The van der Waals surface area contributed by atoms with E-state index in [4.69, 9.17) is 0 Å². The zero-order valence-electron chi connectivity index (χ0n) is 19.4. The summed E-state index contributed by atoms with van der Waals surface area (Å²) in [4.78, 5) is 21.7. The lowest BCUT2D eigenvalue weighted by molar-refractivity contribution is 0.0783. The van der Waals surface area contributed by atoms with Crippen LogP contribution in [0.25, 0.3) is 10.9 Å². The summed E-state index contributed by atoms with van der Waals surface area (Å²) >= 11 is 0. The minimum absolute atomic E-state index is 0.0356. The number of piperazine rings is 1. The molecule has 8 nitrogen and oxygen atoms in total. The average Bonchev–Trinajstić information content (AvgIpc) is 3.60. The summed E-state index contributed by atoms with van der Waals surface area (Å²) in [5.41, 5.74) is 2.88. The molecule has 6 rings (SSSR count). The largest absolute Gasteiger partial charge is 0.322 e. The van der Waals surface area contributed by atoms with Crippen molar-refractivity contribution in [2.24, 2.45) is 0 Å². The number of hydrogen-bond donors (Lipinski definition) is 1. The molecule has 0 amide bonds. The maximum Gasteiger partial charge on any atom is 0.253 e. The number of aryl methyl sites for hydroxylation is 1. The Kier molecular flexibility index (Phi) is 5.50. The second-order valence-corrected chi connectivity index (χ2v) is 9.98. The number of nitrogens with zero attached hydrogens (tertiary/aromatic N) is 6. The van der Waals surface area contributed by atoms with Crippen molar-refractivity contribution < 1.29 is 0 Å². The fourth-order valence-corrected chi connectivity index (χ4v) is 6.23. The van der Waals surface area contributed by atoms with Gasteiger partial charge in [0.25, 0.3) is 5.56 Å². The van der Waals surface area contributed by atoms with E-state index in [1.807, 2.05) is 10.7 Å². The van der Waals surface area contributed by atoms with Crippen molar-refractivity contribution in [2.75, 3.05) is 26.2 Å². The fraction of sp³-hybridized carbons (Fsp3) is 0.600. The molecule has 4 heterocycles. The number of H-pyrrole nitrogens is 1. The van der Waals surface area contributed by atoms with Crippen LogP contribution in [0.15, 0.2) is 29.1 Å². The fourth-order valence-electron chi connectivity index (χ4n) is 6.23. The van der Waals surface area contributed by atoms with Crippen molar-refractivity contribution in [1.82, 2.24) is 35.0 Å². The summed E-state index contributed by atoms with van der Waals surface area (Å²) in [6.07, 6.45) is 8.10. The van der Waals surface area contributed by atoms with Gasteiger partial charge in [0, 0.05) is 36.8 Å². The SMILES string of the molecule is CCc1ccc2[nH]c(=O)c([C@@H](c3nnnn3C3CCCC3)N3CCN4CCC[C@H]4C3)cc2c1. The smallest absolute Gasteiger partial charge is 0.253 e. The molecule has 3 fully saturated rings. The molecule has 3 aromatic rings. The molecular weight excluding hydrogens is 414 g/mol. The Hall–Kier alpha value is -2.58. The molecule has 1 saturated carbocycles. The van der Waals surface area contributed by atoms with Gasteiger partial charge in [0.1, 0.15) is 6.04 Å². The highest BCUT2D eigenvalue weighted by molar-refractivity contribution is 5.80. The molecule has 3 aliphatic rings. The van der Waals surface area contributed by atoms with Crippen molar-refractivity contribution in [3.05, 3.63) is 51.6 Å². The van der Waals surface area contributed by atoms with Crippen LogP contribution >= 0.6 is 0 Å². The Labute approximate surface area is 194 Å². The van der Waals surface area contributed by atoms with Gasteiger partial charge in [-0.25, -0.2) is 4.68 Å². The van der Waals surface area contributed by atoms with Crippen molar-refractivity contribution in [3.8, 4) is 0 Å². The summed E-state index contributed by atoms with van der Waals surface area (Å²) in [5.74, 6) is 0.824. The number of nitrogens with one attached hydrogen (secondary N) is 1. The Morgan fingerprint density at radius 3 is 2.76 bits per heavy atom. The third-order valence-electron chi connectivity index (χ3n) is 8.06. The molecule has 2 aliphatic heterocycles. The van der Waals surface area contributed by atoms with Crippen LogP contribution in [0.2, 0.25) is 0 Å². The summed E-state index contributed by atoms with van der Waals surface area (Å²) < 4.78 is 2.03. The predicted octanol–water partition coefficient (Wildman–Crippen LogP) is 3.06. The highest BCUT2D eigenvalue weighted by atomic mass is 16.1. The van der Waals surface area contributed by atoms with E-state index in [1.165, 1.54) is 37.8 Å². The first-order chi connectivity index (χ1) is 16.2. The molecule has 8 heteroatoms. The van der Waals surface area contributed by atoms with E-state index in [0.717, 1.165) is 61.2 Å². The van der Waals surface area contributed by atoms with E-state index in [0.29, 0.717) is 12.1 Å². The van der Waals surface area contributed by atoms with Crippen molar-refractivity contribution in [1.29, 1.82) is 0 Å². The monoisotopic (exact) mass is 447 g/mol. The van der Waals surface area contributed by atoms with E-state index in [-0.39, 0.29) is 11.6 Å². The quantitative estimate of drug-likeness (QED) is 0.647. The number of aromatic amines is 1. The number of benzene rings is 1. The van der Waals surface area contributed by atoms with Gasteiger partial charge in [-0.1, -0.05) is 25.8 Å². The normalized spacial score (nSPS) is 23.4. The Morgan fingerprint density at radius 1 is 1.06 bits per heavy atom. The highest BCUT2D eigenvalue weighted by Gasteiger charge is 2.38. The first-order valence-corrected chi connectivity index (χ1v) is 12.6. The van der Waals surface area contributed by atoms with Gasteiger partial charge in [-0.05, 0) is 78.2 Å².